The van der Waals surface area contributed by atoms with E-state index in [4.69, 9.17) is 0 Å². The summed E-state index contributed by atoms with van der Waals surface area (Å²) >= 11 is 1.67. The number of quaternary nitrogens is 1. The fraction of sp³-hybridized carbons (Fsp3) is 0.600. The zero-order chi connectivity index (χ0) is 19.4. The van der Waals surface area contributed by atoms with Crippen molar-refractivity contribution in [3.8, 4) is 0 Å². The van der Waals surface area contributed by atoms with Crippen molar-refractivity contribution in [2.75, 3.05) is 39.3 Å². The average Bonchev–Trinajstić information content (AvgIpc) is 3.02. The second-order valence-electron chi connectivity index (χ2n) is 7.20. The van der Waals surface area contributed by atoms with Crippen molar-refractivity contribution in [1.29, 1.82) is 0 Å². The minimum atomic E-state index is -0.254. The average molecular weight is 395 g/mol. The molecular formula is C20H29FN3O2S+. The van der Waals surface area contributed by atoms with E-state index >= 15 is 0 Å². The van der Waals surface area contributed by atoms with Gasteiger partial charge in [-0.15, -0.1) is 11.8 Å². The Bertz CT molecular complexity index is 662. The van der Waals surface area contributed by atoms with Gasteiger partial charge in [0, 0.05) is 6.42 Å². The van der Waals surface area contributed by atoms with Crippen molar-refractivity contribution in [3.05, 3.63) is 35.6 Å². The number of carbonyl (C=O) groups excluding carboxylic acids is 2. The Hall–Kier alpha value is -1.60. The summed E-state index contributed by atoms with van der Waals surface area (Å²) < 4.78 is 13.3. The van der Waals surface area contributed by atoms with E-state index < -0.39 is 0 Å². The summed E-state index contributed by atoms with van der Waals surface area (Å²) in [6.07, 6.45) is 1.37. The molecule has 7 heteroatoms. The van der Waals surface area contributed by atoms with Gasteiger partial charge in [0.05, 0.1) is 44.5 Å². The van der Waals surface area contributed by atoms with Crippen LogP contribution in [0.5, 0.6) is 0 Å². The molecule has 3 rings (SSSR count). The predicted molar refractivity (Wildman–Crippen MR) is 105 cm³/mol. The summed E-state index contributed by atoms with van der Waals surface area (Å²) in [5.41, 5.74) is 0.985. The molecule has 2 fully saturated rings. The van der Waals surface area contributed by atoms with Crippen LogP contribution in [0.1, 0.15) is 37.6 Å². The number of hydrogen-bond donors (Lipinski definition) is 1. The molecule has 1 aromatic rings. The summed E-state index contributed by atoms with van der Waals surface area (Å²) in [7, 11) is 0. The second kappa shape index (κ2) is 9.06. The molecule has 2 aliphatic heterocycles. The number of benzene rings is 1. The predicted octanol–water partition coefficient (Wildman–Crippen LogP) is 1.32. The van der Waals surface area contributed by atoms with Gasteiger partial charge in [-0.3, -0.25) is 9.59 Å². The van der Waals surface area contributed by atoms with Gasteiger partial charge in [0.2, 0.25) is 11.8 Å². The molecule has 148 valence electrons. The van der Waals surface area contributed by atoms with Gasteiger partial charge in [0.15, 0.2) is 0 Å². The lowest BCUT2D eigenvalue weighted by atomic mass is 10.2. The van der Waals surface area contributed by atoms with E-state index in [1.165, 1.54) is 17.0 Å². The van der Waals surface area contributed by atoms with Gasteiger partial charge in [-0.2, -0.15) is 0 Å². The van der Waals surface area contributed by atoms with Crippen LogP contribution in [0, 0.1) is 5.82 Å². The molecule has 0 aromatic heterocycles. The molecule has 27 heavy (non-hydrogen) atoms. The van der Waals surface area contributed by atoms with Crippen molar-refractivity contribution in [3.63, 3.8) is 0 Å². The van der Waals surface area contributed by atoms with Crippen LogP contribution in [0.2, 0.25) is 0 Å². The highest BCUT2D eigenvalue weighted by Gasteiger charge is 2.40. The zero-order valence-corrected chi connectivity index (χ0v) is 16.9. The summed E-state index contributed by atoms with van der Waals surface area (Å²) in [6, 6.07) is 6.50. The van der Waals surface area contributed by atoms with Gasteiger partial charge in [-0.25, -0.2) is 4.39 Å². The highest BCUT2D eigenvalue weighted by Crippen LogP contribution is 2.43. The minimum absolute atomic E-state index is 0.0194. The van der Waals surface area contributed by atoms with E-state index in [0.717, 1.165) is 44.7 Å². The third-order valence-corrected chi connectivity index (χ3v) is 7.14. The van der Waals surface area contributed by atoms with Gasteiger partial charge in [0.1, 0.15) is 11.2 Å². The fourth-order valence-electron chi connectivity index (χ4n) is 3.80. The number of thioether (sulfide) groups is 1. The van der Waals surface area contributed by atoms with Gasteiger partial charge < -0.3 is 14.7 Å². The molecule has 0 spiro atoms. The Morgan fingerprint density at radius 3 is 2.48 bits per heavy atom. The van der Waals surface area contributed by atoms with E-state index in [1.54, 1.807) is 23.9 Å². The van der Waals surface area contributed by atoms with Crippen molar-refractivity contribution in [2.45, 2.75) is 37.3 Å². The normalized spacial score (nSPS) is 23.9. The third-order valence-electron chi connectivity index (χ3n) is 5.49. The standard InChI is InChI=1S/C20H28FN3O2S/c1-3-17-19(26)24(20(27-17)15-5-7-16(21)8-6-15)14-11-22-9-12-23(13-10-22)18(25)4-2/h5-8,17,20H,3-4,9-14H2,1-2H3/p+1/t17-,20+/m1/s1. The molecule has 0 saturated carbocycles. The lowest BCUT2D eigenvalue weighted by Crippen LogP contribution is -3.15. The lowest BCUT2D eigenvalue weighted by molar-refractivity contribution is -0.903. The Kier molecular flexibility index (Phi) is 6.76. The highest BCUT2D eigenvalue weighted by molar-refractivity contribution is 8.01. The van der Waals surface area contributed by atoms with E-state index in [-0.39, 0.29) is 28.3 Å². The quantitative estimate of drug-likeness (QED) is 0.792. The van der Waals surface area contributed by atoms with Crippen LogP contribution in [0.3, 0.4) is 0 Å². The number of halogens is 1. The first-order valence-corrected chi connectivity index (χ1v) is 10.8. The molecule has 2 atom stereocenters. The molecular weight excluding hydrogens is 365 g/mol. The zero-order valence-electron chi connectivity index (χ0n) is 16.1. The molecule has 0 aliphatic carbocycles. The smallest absolute Gasteiger partial charge is 0.237 e. The Labute approximate surface area is 164 Å². The summed E-state index contributed by atoms with van der Waals surface area (Å²) in [6.45, 7) is 8.97. The lowest BCUT2D eigenvalue weighted by Gasteiger charge is -2.33. The number of piperazine rings is 1. The highest BCUT2D eigenvalue weighted by atomic mass is 32.2. The van der Waals surface area contributed by atoms with Crippen LogP contribution < -0.4 is 4.90 Å². The van der Waals surface area contributed by atoms with Gasteiger partial charge >= 0.3 is 0 Å². The van der Waals surface area contributed by atoms with Crippen LogP contribution in [0.15, 0.2) is 24.3 Å². The van der Waals surface area contributed by atoms with Crippen LogP contribution in [0.25, 0.3) is 0 Å². The van der Waals surface area contributed by atoms with Crippen molar-refractivity contribution in [1.82, 2.24) is 9.80 Å². The molecule has 2 heterocycles. The molecule has 1 N–H and O–H groups in total. The van der Waals surface area contributed by atoms with Crippen LogP contribution >= 0.6 is 11.8 Å². The summed E-state index contributed by atoms with van der Waals surface area (Å²) in [4.78, 5) is 30.0. The topological polar surface area (TPSA) is 45.1 Å². The summed E-state index contributed by atoms with van der Waals surface area (Å²) in [5.74, 6) is 0.161. The number of rotatable bonds is 6. The molecule has 0 unspecified atom stereocenters. The number of nitrogens with zero attached hydrogens (tertiary/aromatic N) is 2. The molecule has 0 bridgehead atoms. The molecule has 5 nitrogen and oxygen atoms in total. The number of amides is 2. The van der Waals surface area contributed by atoms with E-state index in [1.807, 2.05) is 23.6 Å². The first-order valence-electron chi connectivity index (χ1n) is 9.86. The summed E-state index contributed by atoms with van der Waals surface area (Å²) in [5, 5.41) is -0.0560. The maximum absolute atomic E-state index is 13.3. The fourth-order valence-corrected chi connectivity index (χ4v) is 5.22. The molecule has 2 saturated heterocycles. The minimum Gasteiger partial charge on any atom is -0.331 e. The Morgan fingerprint density at radius 2 is 1.89 bits per heavy atom. The molecule has 2 aliphatic rings. The molecule has 1 aromatic carbocycles. The SMILES string of the molecule is CCC(=O)N1CC[NH+](CCN2C(=O)[C@@H](CC)S[C@H]2c2ccc(F)cc2)CC1. The van der Waals surface area contributed by atoms with E-state index in [9.17, 15) is 14.0 Å². The van der Waals surface area contributed by atoms with E-state index in [2.05, 4.69) is 0 Å². The number of carbonyl (C=O) groups is 2. The van der Waals surface area contributed by atoms with Crippen molar-refractivity contribution in [2.24, 2.45) is 0 Å². The van der Waals surface area contributed by atoms with Crippen LogP contribution in [-0.2, 0) is 9.59 Å². The van der Waals surface area contributed by atoms with Gasteiger partial charge in [0.25, 0.3) is 0 Å². The maximum atomic E-state index is 13.3. The maximum Gasteiger partial charge on any atom is 0.237 e. The molecule has 2 amide bonds. The van der Waals surface area contributed by atoms with Crippen molar-refractivity contribution < 1.29 is 18.9 Å². The van der Waals surface area contributed by atoms with E-state index in [0.29, 0.717) is 13.0 Å². The number of nitrogens with one attached hydrogen (secondary N) is 1. The number of hydrogen-bond acceptors (Lipinski definition) is 3. The first kappa shape index (κ1) is 20.1. The Morgan fingerprint density at radius 1 is 1.22 bits per heavy atom. The second-order valence-corrected chi connectivity index (χ2v) is 8.49. The van der Waals surface area contributed by atoms with Crippen LogP contribution in [-0.4, -0.2) is 66.1 Å². The largest absolute Gasteiger partial charge is 0.331 e. The third kappa shape index (κ3) is 4.63. The van der Waals surface area contributed by atoms with Crippen molar-refractivity contribution >= 4 is 23.6 Å². The van der Waals surface area contributed by atoms with Crippen LogP contribution in [0.4, 0.5) is 4.39 Å². The first-order chi connectivity index (χ1) is 13.0. The molecule has 0 radical (unpaired) electrons. The Balaban J connectivity index is 1.60. The van der Waals surface area contributed by atoms with Gasteiger partial charge in [-0.05, 0) is 24.1 Å². The monoisotopic (exact) mass is 394 g/mol. The van der Waals surface area contributed by atoms with Gasteiger partial charge in [-0.1, -0.05) is 26.0 Å².